The minimum Gasteiger partial charge on any atom is -0.481 e. The van der Waals surface area contributed by atoms with Crippen molar-refractivity contribution in [3.8, 4) is 0 Å². The van der Waals surface area contributed by atoms with Gasteiger partial charge in [-0.25, -0.2) is 0 Å². The summed E-state index contributed by atoms with van der Waals surface area (Å²) in [7, 11) is 0. The van der Waals surface area contributed by atoms with Gasteiger partial charge < -0.3 is 25.5 Å². The topological polar surface area (TPSA) is 135 Å². The Morgan fingerprint density at radius 2 is 1.47 bits per heavy atom. The van der Waals surface area contributed by atoms with Gasteiger partial charge in [-0.05, 0) is 5.92 Å². The van der Waals surface area contributed by atoms with Gasteiger partial charge in [-0.1, -0.05) is 6.92 Å². The average molecular weight is 250 g/mol. The number of aliphatic hydroxyl groups is 3. The maximum Gasteiger partial charge on any atom is 0.307 e. The van der Waals surface area contributed by atoms with E-state index in [1.807, 2.05) is 0 Å². The second-order valence-electron chi connectivity index (χ2n) is 4.17. The first kappa shape index (κ1) is 15.8. The largest absolute Gasteiger partial charge is 0.481 e. The van der Waals surface area contributed by atoms with Crippen LogP contribution in [0, 0.1) is 17.3 Å². The minimum atomic E-state index is -1.40. The van der Waals surface area contributed by atoms with Crippen LogP contribution < -0.4 is 0 Å². The molecule has 0 fully saturated rings. The minimum absolute atomic E-state index is 0.620. The third kappa shape index (κ3) is 3.65. The van der Waals surface area contributed by atoms with Gasteiger partial charge >= 0.3 is 11.9 Å². The number of hydrogen-bond donors (Lipinski definition) is 5. The summed E-state index contributed by atoms with van der Waals surface area (Å²) in [4.78, 5) is 21.5. The van der Waals surface area contributed by atoms with E-state index in [9.17, 15) is 9.59 Å². The lowest BCUT2D eigenvalue weighted by atomic mass is 9.70. The zero-order chi connectivity index (χ0) is 13.6. The van der Waals surface area contributed by atoms with E-state index in [1.165, 1.54) is 6.92 Å². The van der Waals surface area contributed by atoms with Crippen LogP contribution in [0.4, 0.5) is 0 Å². The van der Waals surface area contributed by atoms with Crippen LogP contribution in [0.25, 0.3) is 0 Å². The van der Waals surface area contributed by atoms with Crippen molar-refractivity contribution in [3.63, 3.8) is 0 Å². The molecule has 0 spiro atoms. The molecule has 7 nitrogen and oxygen atoms in total. The van der Waals surface area contributed by atoms with Crippen LogP contribution >= 0.6 is 0 Å². The number of hydrogen-bond acceptors (Lipinski definition) is 5. The highest BCUT2D eigenvalue weighted by Crippen LogP contribution is 2.34. The van der Waals surface area contributed by atoms with Gasteiger partial charge in [0.05, 0.1) is 32.2 Å². The van der Waals surface area contributed by atoms with Crippen molar-refractivity contribution >= 4 is 11.9 Å². The SMILES string of the molecule is CC(C(CC(=O)O)C(=O)O)C(CO)(CO)CO. The quantitative estimate of drug-likeness (QED) is 0.363. The maximum atomic E-state index is 11.0. The Balaban J connectivity index is 5.09. The van der Waals surface area contributed by atoms with Gasteiger partial charge in [0, 0.05) is 5.41 Å². The second kappa shape index (κ2) is 6.53. The van der Waals surface area contributed by atoms with E-state index in [0.29, 0.717) is 0 Å². The van der Waals surface area contributed by atoms with Gasteiger partial charge in [0.15, 0.2) is 0 Å². The molecule has 0 amide bonds. The summed E-state index contributed by atoms with van der Waals surface area (Å²) in [5, 5.41) is 45.0. The molecule has 0 aliphatic rings. The third-order valence-electron chi connectivity index (χ3n) is 3.23. The van der Waals surface area contributed by atoms with Gasteiger partial charge in [-0.3, -0.25) is 9.59 Å². The van der Waals surface area contributed by atoms with E-state index in [1.54, 1.807) is 0 Å². The van der Waals surface area contributed by atoms with Crippen molar-refractivity contribution in [2.24, 2.45) is 17.3 Å². The molecule has 0 saturated carbocycles. The number of carboxylic acids is 2. The van der Waals surface area contributed by atoms with Crippen molar-refractivity contribution in [2.45, 2.75) is 13.3 Å². The molecule has 0 heterocycles. The first-order valence-corrected chi connectivity index (χ1v) is 5.11. The highest BCUT2D eigenvalue weighted by molar-refractivity contribution is 5.78. The summed E-state index contributed by atoms with van der Waals surface area (Å²) in [5.74, 6) is -4.78. The Labute approximate surface area is 98.3 Å². The number of aliphatic hydroxyl groups excluding tert-OH is 3. The van der Waals surface area contributed by atoms with E-state index in [-0.39, 0.29) is 0 Å². The Hall–Kier alpha value is -1.18. The molecule has 5 N–H and O–H groups in total. The van der Waals surface area contributed by atoms with Crippen LogP contribution in [-0.2, 0) is 9.59 Å². The predicted molar refractivity (Wildman–Crippen MR) is 56.2 cm³/mol. The molecule has 0 aromatic carbocycles. The van der Waals surface area contributed by atoms with Crippen molar-refractivity contribution in [1.29, 1.82) is 0 Å². The fourth-order valence-corrected chi connectivity index (χ4v) is 1.67. The highest BCUT2D eigenvalue weighted by Gasteiger charge is 2.42. The van der Waals surface area contributed by atoms with Crippen molar-refractivity contribution in [1.82, 2.24) is 0 Å². The van der Waals surface area contributed by atoms with E-state index in [4.69, 9.17) is 25.5 Å². The van der Waals surface area contributed by atoms with Crippen LogP contribution in [0.5, 0.6) is 0 Å². The molecule has 2 atom stereocenters. The summed E-state index contributed by atoms with van der Waals surface area (Å²) >= 11 is 0. The first-order chi connectivity index (χ1) is 7.84. The van der Waals surface area contributed by atoms with Gasteiger partial charge in [0.2, 0.25) is 0 Å². The van der Waals surface area contributed by atoms with E-state index >= 15 is 0 Å². The van der Waals surface area contributed by atoms with Crippen LogP contribution in [0.2, 0.25) is 0 Å². The van der Waals surface area contributed by atoms with Crippen molar-refractivity contribution < 1.29 is 35.1 Å². The first-order valence-electron chi connectivity index (χ1n) is 5.11. The van der Waals surface area contributed by atoms with E-state index < -0.39 is 55.4 Å². The molecule has 0 aliphatic heterocycles. The molecule has 100 valence electrons. The summed E-state index contributed by atoms with van der Waals surface area (Å²) in [6.45, 7) is -0.468. The fourth-order valence-electron chi connectivity index (χ4n) is 1.67. The number of carbonyl (C=O) groups is 2. The number of carboxylic acid groups (broad SMARTS) is 2. The van der Waals surface area contributed by atoms with Gasteiger partial charge in [-0.15, -0.1) is 0 Å². The lowest BCUT2D eigenvalue weighted by Gasteiger charge is -2.36. The normalized spacial score (nSPS) is 15.3. The summed E-state index contributed by atoms with van der Waals surface area (Å²) in [5.41, 5.74) is -1.40. The molecule has 0 rings (SSSR count). The fraction of sp³-hybridized carbons (Fsp3) is 0.800. The molecule has 7 heteroatoms. The Morgan fingerprint density at radius 3 is 1.71 bits per heavy atom. The third-order valence-corrected chi connectivity index (χ3v) is 3.23. The molecule has 0 aromatic heterocycles. The van der Waals surface area contributed by atoms with Gasteiger partial charge in [-0.2, -0.15) is 0 Å². The maximum absolute atomic E-state index is 11.0. The smallest absolute Gasteiger partial charge is 0.307 e. The Kier molecular flexibility index (Phi) is 6.08. The molecule has 0 saturated heterocycles. The van der Waals surface area contributed by atoms with Crippen molar-refractivity contribution in [2.75, 3.05) is 19.8 Å². The Bertz CT molecular complexity index is 264. The van der Waals surface area contributed by atoms with Crippen LogP contribution in [-0.4, -0.2) is 57.3 Å². The zero-order valence-electron chi connectivity index (χ0n) is 9.54. The lowest BCUT2D eigenvalue weighted by molar-refractivity contribution is -0.155. The summed E-state index contributed by atoms with van der Waals surface area (Å²) in [6, 6.07) is 0. The van der Waals surface area contributed by atoms with E-state index in [2.05, 4.69) is 0 Å². The monoisotopic (exact) mass is 250 g/mol. The van der Waals surface area contributed by atoms with Crippen LogP contribution in [0.3, 0.4) is 0 Å². The molecular formula is C10H18O7. The number of aliphatic carboxylic acids is 2. The molecule has 17 heavy (non-hydrogen) atoms. The van der Waals surface area contributed by atoms with Crippen LogP contribution in [0.1, 0.15) is 13.3 Å². The molecule has 0 aliphatic carbocycles. The average Bonchev–Trinajstić information content (AvgIpc) is 2.28. The molecule has 0 bridgehead atoms. The lowest BCUT2D eigenvalue weighted by Crippen LogP contribution is -2.45. The zero-order valence-corrected chi connectivity index (χ0v) is 9.54. The molecule has 2 unspecified atom stereocenters. The standard InChI is InChI=1S/C10H18O7/c1-6(10(3-11,4-12)5-13)7(9(16)17)2-8(14)15/h6-7,11-13H,2-5H2,1H3,(H,14,15)(H,16,17). The Morgan fingerprint density at radius 1 is 1.06 bits per heavy atom. The highest BCUT2D eigenvalue weighted by atomic mass is 16.4. The van der Waals surface area contributed by atoms with E-state index in [0.717, 1.165) is 0 Å². The predicted octanol–water partition coefficient (Wildman–Crippen LogP) is -1.24. The number of rotatable bonds is 8. The van der Waals surface area contributed by atoms with Crippen LogP contribution in [0.15, 0.2) is 0 Å². The summed E-state index contributed by atoms with van der Waals surface area (Å²) in [6.07, 6.45) is -0.627. The van der Waals surface area contributed by atoms with Gasteiger partial charge in [0.1, 0.15) is 0 Å². The molecule has 0 aromatic rings. The van der Waals surface area contributed by atoms with Crippen molar-refractivity contribution in [3.05, 3.63) is 0 Å². The second-order valence-corrected chi connectivity index (χ2v) is 4.17. The molecular weight excluding hydrogens is 232 g/mol. The van der Waals surface area contributed by atoms with Gasteiger partial charge in [0.25, 0.3) is 0 Å². The summed E-state index contributed by atoms with van der Waals surface area (Å²) < 4.78 is 0. The molecule has 0 radical (unpaired) electrons.